The Morgan fingerprint density at radius 3 is 2.72 bits per heavy atom. The van der Waals surface area contributed by atoms with Gasteiger partial charge in [-0.3, -0.25) is 0 Å². The zero-order valence-corrected chi connectivity index (χ0v) is 12.4. The van der Waals surface area contributed by atoms with Crippen molar-refractivity contribution >= 4 is 33.0 Å². The highest BCUT2D eigenvalue weighted by Gasteiger charge is 2.09. The maximum atomic E-state index is 13.3. The van der Waals surface area contributed by atoms with Gasteiger partial charge in [0.05, 0.1) is 16.9 Å². The Morgan fingerprint density at radius 1 is 1.33 bits per heavy atom. The molecule has 96 valence electrons. The van der Waals surface area contributed by atoms with E-state index in [4.69, 9.17) is 4.74 Å². The van der Waals surface area contributed by atoms with E-state index in [9.17, 15) is 4.39 Å². The Morgan fingerprint density at radius 2 is 2.11 bits per heavy atom. The van der Waals surface area contributed by atoms with Gasteiger partial charge in [0.25, 0.3) is 0 Å². The fourth-order valence-corrected chi connectivity index (χ4v) is 3.06. The van der Waals surface area contributed by atoms with Crippen LogP contribution in [0.3, 0.4) is 0 Å². The van der Waals surface area contributed by atoms with E-state index in [1.807, 2.05) is 6.07 Å². The van der Waals surface area contributed by atoms with Crippen LogP contribution in [0.5, 0.6) is 5.75 Å². The second-order valence-electron chi connectivity index (χ2n) is 3.86. The van der Waals surface area contributed by atoms with Crippen LogP contribution in [0, 0.1) is 5.82 Å². The maximum Gasteiger partial charge on any atom is 0.165 e. The minimum absolute atomic E-state index is 0.163. The second-order valence-corrected chi connectivity index (χ2v) is 6.35. The van der Waals surface area contributed by atoms with Crippen LogP contribution >= 0.6 is 27.3 Å². The quantitative estimate of drug-likeness (QED) is 0.867. The van der Waals surface area contributed by atoms with E-state index in [1.54, 1.807) is 23.5 Å². The molecule has 0 saturated heterocycles. The smallest absolute Gasteiger partial charge is 0.165 e. The lowest BCUT2D eigenvalue weighted by Crippen LogP contribution is -2.05. The van der Waals surface area contributed by atoms with Crippen LogP contribution in [0.15, 0.2) is 34.1 Å². The van der Waals surface area contributed by atoms with E-state index >= 15 is 0 Å². The van der Waals surface area contributed by atoms with Gasteiger partial charge in [0.2, 0.25) is 0 Å². The highest BCUT2D eigenvalue weighted by molar-refractivity contribution is 9.11. The molecule has 5 heteroatoms. The molecule has 0 aliphatic heterocycles. The molecule has 1 N–H and O–H groups in total. The molecule has 18 heavy (non-hydrogen) atoms. The summed E-state index contributed by atoms with van der Waals surface area (Å²) < 4.78 is 19.3. The van der Waals surface area contributed by atoms with Crippen molar-refractivity contribution in [2.45, 2.75) is 13.0 Å². The fourth-order valence-electron chi connectivity index (χ4n) is 1.63. The monoisotopic (exact) mass is 329 g/mol. The number of hydrogen-bond acceptors (Lipinski definition) is 3. The van der Waals surface area contributed by atoms with Gasteiger partial charge in [-0.05, 0) is 47.1 Å². The van der Waals surface area contributed by atoms with Gasteiger partial charge in [0.15, 0.2) is 11.6 Å². The lowest BCUT2D eigenvalue weighted by Gasteiger charge is -2.14. The molecule has 0 fully saturated rings. The minimum atomic E-state index is -0.352. The van der Waals surface area contributed by atoms with Crippen molar-refractivity contribution in [2.24, 2.45) is 0 Å². The SMILES string of the molecule is COc1cc(NC(C)c2ccc(Br)s2)ccc1F. The number of nitrogens with one attached hydrogen (secondary N) is 1. The van der Waals surface area contributed by atoms with Gasteiger partial charge >= 0.3 is 0 Å². The van der Waals surface area contributed by atoms with Crippen molar-refractivity contribution in [1.82, 2.24) is 0 Å². The first-order valence-electron chi connectivity index (χ1n) is 5.45. The fraction of sp³-hybridized carbons (Fsp3) is 0.231. The van der Waals surface area contributed by atoms with Gasteiger partial charge in [-0.15, -0.1) is 11.3 Å². The molecule has 0 aliphatic carbocycles. The summed E-state index contributed by atoms with van der Waals surface area (Å²) >= 11 is 5.12. The number of thiophene rings is 1. The largest absolute Gasteiger partial charge is 0.494 e. The average molecular weight is 330 g/mol. The number of ether oxygens (including phenoxy) is 1. The Kier molecular flexibility index (Phi) is 4.24. The Hall–Kier alpha value is -1.07. The molecule has 2 rings (SSSR count). The highest BCUT2D eigenvalue weighted by Crippen LogP contribution is 2.30. The number of benzene rings is 1. The Bertz CT molecular complexity index is 544. The predicted octanol–water partition coefficient (Wildman–Crippen LogP) is 4.83. The maximum absolute atomic E-state index is 13.3. The van der Waals surface area contributed by atoms with Crippen LogP contribution in [0.25, 0.3) is 0 Å². The average Bonchev–Trinajstić information content (AvgIpc) is 2.78. The van der Waals surface area contributed by atoms with Crippen LogP contribution < -0.4 is 10.1 Å². The van der Waals surface area contributed by atoms with Gasteiger partial charge in [0, 0.05) is 16.6 Å². The van der Waals surface area contributed by atoms with Gasteiger partial charge < -0.3 is 10.1 Å². The molecule has 0 bridgehead atoms. The van der Waals surface area contributed by atoms with E-state index in [1.165, 1.54) is 18.1 Å². The van der Waals surface area contributed by atoms with Gasteiger partial charge in [-0.25, -0.2) is 4.39 Å². The molecule has 0 aliphatic rings. The van der Waals surface area contributed by atoms with Crippen molar-refractivity contribution in [3.63, 3.8) is 0 Å². The molecule has 2 nitrogen and oxygen atoms in total. The zero-order valence-electron chi connectivity index (χ0n) is 10.0. The normalized spacial score (nSPS) is 12.2. The molecule has 2 aromatic rings. The summed E-state index contributed by atoms with van der Waals surface area (Å²) in [6, 6.07) is 9.01. The molecular formula is C13H13BrFNOS. The molecule has 1 aromatic carbocycles. The molecule has 1 atom stereocenters. The first kappa shape index (κ1) is 13.4. The van der Waals surface area contributed by atoms with E-state index in [0.29, 0.717) is 0 Å². The summed E-state index contributed by atoms with van der Waals surface area (Å²) in [7, 11) is 1.46. The summed E-state index contributed by atoms with van der Waals surface area (Å²) in [5.74, 6) is -0.103. The number of halogens is 2. The molecule has 1 aromatic heterocycles. The molecule has 0 amide bonds. The zero-order chi connectivity index (χ0) is 13.1. The van der Waals surface area contributed by atoms with Gasteiger partial charge in [0.1, 0.15) is 0 Å². The number of methoxy groups -OCH3 is 1. The summed E-state index contributed by atoms with van der Waals surface area (Å²) in [6.45, 7) is 2.06. The number of anilines is 1. The lowest BCUT2D eigenvalue weighted by molar-refractivity contribution is 0.387. The van der Waals surface area contributed by atoms with Gasteiger partial charge in [-0.1, -0.05) is 0 Å². The third-order valence-corrected chi connectivity index (χ3v) is 4.36. The molecule has 0 spiro atoms. The van der Waals surface area contributed by atoms with E-state index in [0.717, 1.165) is 9.47 Å². The summed E-state index contributed by atoms with van der Waals surface area (Å²) in [5, 5.41) is 3.32. The molecular weight excluding hydrogens is 317 g/mol. The third-order valence-electron chi connectivity index (χ3n) is 2.56. The minimum Gasteiger partial charge on any atom is -0.494 e. The van der Waals surface area contributed by atoms with Crippen molar-refractivity contribution in [1.29, 1.82) is 0 Å². The van der Waals surface area contributed by atoms with Crippen molar-refractivity contribution < 1.29 is 9.13 Å². The van der Waals surface area contributed by atoms with Crippen LogP contribution in [0.4, 0.5) is 10.1 Å². The van der Waals surface area contributed by atoms with Crippen molar-refractivity contribution in [3.8, 4) is 5.75 Å². The van der Waals surface area contributed by atoms with Crippen LogP contribution in [-0.2, 0) is 0 Å². The highest BCUT2D eigenvalue weighted by atomic mass is 79.9. The van der Waals surface area contributed by atoms with Crippen LogP contribution in [0.2, 0.25) is 0 Å². The summed E-state index contributed by atoms with van der Waals surface area (Å²) in [6.07, 6.45) is 0. The second kappa shape index (κ2) is 5.71. The van der Waals surface area contributed by atoms with Crippen molar-refractivity contribution in [2.75, 3.05) is 12.4 Å². The van der Waals surface area contributed by atoms with Crippen molar-refractivity contribution in [3.05, 3.63) is 44.8 Å². The van der Waals surface area contributed by atoms with E-state index in [-0.39, 0.29) is 17.6 Å². The van der Waals surface area contributed by atoms with Crippen LogP contribution in [0.1, 0.15) is 17.8 Å². The van der Waals surface area contributed by atoms with Crippen LogP contribution in [-0.4, -0.2) is 7.11 Å². The molecule has 1 heterocycles. The van der Waals surface area contributed by atoms with E-state index < -0.39 is 0 Å². The molecule has 1 unspecified atom stereocenters. The Balaban J connectivity index is 2.14. The summed E-state index contributed by atoms with van der Waals surface area (Å²) in [4.78, 5) is 1.21. The number of hydrogen-bond donors (Lipinski definition) is 1. The third kappa shape index (κ3) is 3.03. The predicted molar refractivity (Wildman–Crippen MR) is 77.0 cm³/mol. The van der Waals surface area contributed by atoms with Gasteiger partial charge in [-0.2, -0.15) is 0 Å². The first-order chi connectivity index (χ1) is 8.60. The Labute approximate surface area is 118 Å². The lowest BCUT2D eigenvalue weighted by atomic mass is 10.2. The first-order valence-corrected chi connectivity index (χ1v) is 7.06. The number of rotatable bonds is 4. The summed E-state index contributed by atoms with van der Waals surface area (Å²) in [5.41, 5.74) is 0.838. The van der Waals surface area contributed by atoms with E-state index in [2.05, 4.69) is 34.2 Å². The molecule has 0 saturated carbocycles. The standard InChI is InChI=1S/C13H13BrFNOS/c1-8(12-5-6-13(14)18-12)16-9-3-4-10(15)11(7-9)17-2/h3-8,16H,1-2H3. The topological polar surface area (TPSA) is 21.3 Å². The molecule has 0 radical (unpaired) electrons.